The molecule has 44 heavy (non-hydrogen) atoms. The Hall–Kier alpha value is -4.08. The molecular formula is C35H49N3O6. The molecule has 9 nitrogen and oxygen atoms in total. The first-order chi connectivity index (χ1) is 21.5. The summed E-state index contributed by atoms with van der Waals surface area (Å²) in [5.41, 5.74) is 0.368. The van der Waals surface area contributed by atoms with Crippen LogP contribution < -0.4 is 10.6 Å². The van der Waals surface area contributed by atoms with Gasteiger partial charge >= 0.3 is 5.97 Å². The molecule has 4 N–H and O–H groups in total. The third kappa shape index (κ3) is 19.9. The van der Waals surface area contributed by atoms with Crippen LogP contribution in [0, 0.1) is 0 Å². The molecule has 0 spiro atoms. The molecule has 1 atom stereocenters. The zero-order valence-electron chi connectivity index (χ0n) is 25.9. The zero-order chi connectivity index (χ0) is 32.1. The normalized spacial score (nSPS) is 12.9. The van der Waals surface area contributed by atoms with Gasteiger partial charge in [0, 0.05) is 25.4 Å². The van der Waals surface area contributed by atoms with E-state index in [0.29, 0.717) is 12.0 Å². The van der Waals surface area contributed by atoms with Crippen LogP contribution in [-0.2, 0) is 14.3 Å². The Kier molecular flexibility index (Phi) is 22.9. The number of nitrogens with zero attached hydrogens (tertiary/aromatic N) is 1. The van der Waals surface area contributed by atoms with Gasteiger partial charge in [-0.05, 0) is 63.5 Å². The summed E-state index contributed by atoms with van der Waals surface area (Å²) in [6.45, 7) is 1.12. The molecule has 1 aromatic rings. The molecule has 1 rings (SSSR count). The number of allylic oxidation sites excluding steroid dienone is 12. The molecular weight excluding hydrogens is 558 g/mol. The summed E-state index contributed by atoms with van der Waals surface area (Å²) in [6.07, 6.45) is 33.6. The van der Waals surface area contributed by atoms with E-state index >= 15 is 0 Å². The molecule has 1 aromatic heterocycles. The second-order valence-electron chi connectivity index (χ2n) is 9.78. The van der Waals surface area contributed by atoms with Crippen LogP contribution in [0.1, 0.15) is 75.1 Å². The largest absolute Gasteiger partial charge is 0.456 e. The lowest BCUT2D eigenvalue weighted by Gasteiger charge is -2.20. The highest BCUT2D eigenvalue weighted by Crippen LogP contribution is 2.04. The number of hydrogen-bond donors (Lipinski definition) is 4. The van der Waals surface area contributed by atoms with Gasteiger partial charge in [-0.3, -0.25) is 14.6 Å². The summed E-state index contributed by atoms with van der Waals surface area (Å²) in [6, 6.07) is 2.19. The molecule has 0 aliphatic rings. The number of esters is 1. The fourth-order valence-electron chi connectivity index (χ4n) is 3.68. The van der Waals surface area contributed by atoms with Gasteiger partial charge < -0.3 is 25.6 Å². The summed E-state index contributed by atoms with van der Waals surface area (Å²) < 4.78 is 5.09. The van der Waals surface area contributed by atoms with Crippen molar-refractivity contribution >= 4 is 17.8 Å². The van der Waals surface area contributed by atoms with E-state index in [9.17, 15) is 24.6 Å². The number of pyridine rings is 1. The molecule has 1 heterocycles. The van der Waals surface area contributed by atoms with Crippen molar-refractivity contribution in [3.8, 4) is 0 Å². The number of carbonyl (C=O) groups excluding carboxylic acids is 3. The molecule has 2 amide bonds. The molecule has 0 bridgehead atoms. The maximum absolute atomic E-state index is 12.6. The molecule has 0 radical (unpaired) electrons. The first-order valence-electron chi connectivity index (χ1n) is 15.3. The number of aliphatic hydroxyl groups is 2. The van der Waals surface area contributed by atoms with Crippen LogP contribution in [0.5, 0.6) is 0 Å². The lowest BCUT2D eigenvalue weighted by atomic mass is 10.1. The number of amides is 2. The van der Waals surface area contributed by atoms with E-state index in [4.69, 9.17) is 4.74 Å². The van der Waals surface area contributed by atoms with Crippen LogP contribution in [0.4, 0.5) is 0 Å². The molecule has 0 aromatic carbocycles. The van der Waals surface area contributed by atoms with Gasteiger partial charge in [0.25, 0.3) is 5.91 Å². The summed E-state index contributed by atoms with van der Waals surface area (Å²) >= 11 is 0. The molecule has 0 fully saturated rings. The fourth-order valence-corrected chi connectivity index (χ4v) is 3.68. The number of nitrogens with one attached hydrogen (secondary N) is 2. The predicted molar refractivity (Wildman–Crippen MR) is 175 cm³/mol. The first-order valence-corrected chi connectivity index (χ1v) is 15.3. The van der Waals surface area contributed by atoms with Gasteiger partial charge in [-0.2, -0.15) is 0 Å². The van der Waals surface area contributed by atoms with Crippen molar-refractivity contribution in [2.75, 3.05) is 19.8 Å². The number of rotatable bonds is 23. The second kappa shape index (κ2) is 26.5. The SMILES string of the molecule is CC/C=C\C/C=C\C/C=C\C/C=C\C/C=C\C/C=C\CCC(=O)NC(CCNC(=O)c1cccnc1)C(=O)OC(CO)CO. The monoisotopic (exact) mass is 607 g/mol. The maximum atomic E-state index is 12.6. The highest BCUT2D eigenvalue weighted by Gasteiger charge is 2.25. The summed E-state index contributed by atoms with van der Waals surface area (Å²) in [4.78, 5) is 41.2. The van der Waals surface area contributed by atoms with Crippen molar-refractivity contribution in [3.05, 3.63) is 103 Å². The van der Waals surface area contributed by atoms with E-state index in [1.54, 1.807) is 18.3 Å². The molecule has 9 heteroatoms. The lowest BCUT2D eigenvalue weighted by molar-refractivity contribution is -0.157. The van der Waals surface area contributed by atoms with Crippen LogP contribution in [0.15, 0.2) is 97.4 Å². The van der Waals surface area contributed by atoms with Gasteiger partial charge in [0.1, 0.15) is 12.1 Å². The molecule has 1 unspecified atom stereocenters. The Bertz CT molecular complexity index is 1100. The van der Waals surface area contributed by atoms with E-state index in [-0.39, 0.29) is 31.2 Å². The van der Waals surface area contributed by atoms with Gasteiger partial charge in [-0.15, -0.1) is 0 Å². The number of aliphatic hydroxyl groups excluding tert-OH is 2. The molecule has 0 saturated carbocycles. The van der Waals surface area contributed by atoms with E-state index in [2.05, 4.69) is 83.3 Å². The topological polar surface area (TPSA) is 138 Å². The minimum absolute atomic E-state index is 0.0695. The highest BCUT2D eigenvalue weighted by atomic mass is 16.6. The summed E-state index contributed by atoms with van der Waals surface area (Å²) in [7, 11) is 0. The van der Waals surface area contributed by atoms with E-state index in [0.717, 1.165) is 38.5 Å². The standard InChI is InChI=1S/C35H49N3O6/c1-2-3-4-5-6-7-8-9-10-11-12-13-14-15-16-17-18-19-20-23-33(41)38-32(35(43)44-31(28-39)29-40)24-26-37-34(42)30-22-21-25-36-27-30/h3-4,6-7,9-10,12-13,15-16,18-19,21-22,25,27,31-32,39-40H,2,5,8,11,14,17,20,23-24,26,28-29H2,1H3,(H,37,42)(H,38,41)/b4-3-,7-6-,10-9-,13-12-,16-15-,19-18-. The molecule has 0 aliphatic heterocycles. The van der Waals surface area contributed by atoms with Crippen LogP contribution in [-0.4, -0.2) is 64.9 Å². The fraction of sp³-hybridized carbons (Fsp3) is 0.429. The average Bonchev–Trinajstić information content (AvgIpc) is 3.04. The number of ether oxygens (including phenoxy) is 1. The maximum Gasteiger partial charge on any atom is 0.329 e. The van der Waals surface area contributed by atoms with Crippen LogP contribution in [0.3, 0.4) is 0 Å². The minimum Gasteiger partial charge on any atom is -0.456 e. The van der Waals surface area contributed by atoms with E-state index in [1.807, 2.05) is 12.2 Å². The number of carbonyl (C=O) groups is 3. The lowest BCUT2D eigenvalue weighted by Crippen LogP contribution is -2.45. The third-order valence-corrected chi connectivity index (χ3v) is 6.09. The summed E-state index contributed by atoms with van der Waals surface area (Å²) in [5.74, 6) is -1.51. The Balaban J connectivity index is 2.34. The molecule has 0 aliphatic carbocycles. The first kappa shape index (κ1) is 37.9. The van der Waals surface area contributed by atoms with Gasteiger partial charge in [-0.1, -0.05) is 79.8 Å². The molecule has 0 saturated heterocycles. The zero-order valence-corrected chi connectivity index (χ0v) is 25.9. The van der Waals surface area contributed by atoms with Gasteiger partial charge in [0.05, 0.1) is 18.8 Å². The van der Waals surface area contributed by atoms with Gasteiger partial charge in [0.2, 0.25) is 5.91 Å². The van der Waals surface area contributed by atoms with Crippen molar-refractivity contribution < 1.29 is 29.3 Å². The Morgan fingerprint density at radius 2 is 1.39 bits per heavy atom. The van der Waals surface area contributed by atoms with Gasteiger partial charge in [0.15, 0.2) is 0 Å². The Morgan fingerprint density at radius 3 is 1.89 bits per heavy atom. The van der Waals surface area contributed by atoms with Crippen LogP contribution in [0.2, 0.25) is 0 Å². The number of aromatic nitrogens is 1. The summed E-state index contributed by atoms with van der Waals surface area (Å²) in [5, 5.41) is 23.8. The predicted octanol–water partition coefficient (Wildman–Crippen LogP) is 5.06. The minimum atomic E-state index is -1.09. The highest BCUT2D eigenvalue weighted by molar-refractivity contribution is 5.93. The van der Waals surface area contributed by atoms with E-state index in [1.165, 1.54) is 6.20 Å². The van der Waals surface area contributed by atoms with Crippen molar-refractivity contribution in [2.45, 2.75) is 76.9 Å². The van der Waals surface area contributed by atoms with Gasteiger partial charge in [-0.25, -0.2) is 4.79 Å². The van der Waals surface area contributed by atoms with Crippen LogP contribution in [0.25, 0.3) is 0 Å². The average molecular weight is 608 g/mol. The second-order valence-corrected chi connectivity index (χ2v) is 9.78. The molecule has 240 valence electrons. The number of hydrogen-bond acceptors (Lipinski definition) is 7. The van der Waals surface area contributed by atoms with Crippen molar-refractivity contribution in [1.29, 1.82) is 0 Å². The van der Waals surface area contributed by atoms with E-state index < -0.39 is 31.3 Å². The quantitative estimate of drug-likeness (QED) is 0.101. The van der Waals surface area contributed by atoms with Crippen LogP contribution >= 0.6 is 0 Å². The smallest absolute Gasteiger partial charge is 0.329 e. The Morgan fingerprint density at radius 1 is 0.841 bits per heavy atom. The Labute approximate surface area is 262 Å². The van der Waals surface area contributed by atoms with Crippen molar-refractivity contribution in [3.63, 3.8) is 0 Å². The third-order valence-electron chi connectivity index (χ3n) is 6.09. The van der Waals surface area contributed by atoms with Crippen molar-refractivity contribution in [1.82, 2.24) is 15.6 Å². The van der Waals surface area contributed by atoms with Crippen molar-refractivity contribution in [2.24, 2.45) is 0 Å².